The standard InChI is InChI=1S/C15H13N3S/c16-10-13-3-4-14(11-17-13)18-7-5-12(6-8-18)15-2-1-9-19-15/h1-5,9,11H,6-8H2. The average Bonchev–Trinajstić information content (AvgIpc) is 3.02. The SMILES string of the molecule is N#Cc1ccc(N2CC=C(c3cccs3)CC2)cn1. The summed E-state index contributed by atoms with van der Waals surface area (Å²) in [5.41, 5.74) is 2.99. The van der Waals surface area contributed by atoms with Gasteiger partial charge < -0.3 is 4.90 Å². The Morgan fingerprint density at radius 3 is 2.84 bits per heavy atom. The van der Waals surface area contributed by atoms with Crippen molar-refractivity contribution in [2.75, 3.05) is 18.0 Å². The summed E-state index contributed by atoms with van der Waals surface area (Å²) in [6.45, 7) is 1.90. The predicted octanol–water partition coefficient (Wildman–Crippen LogP) is 3.31. The minimum Gasteiger partial charge on any atom is -0.366 e. The zero-order chi connectivity index (χ0) is 13.1. The Morgan fingerprint density at radius 1 is 1.32 bits per heavy atom. The zero-order valence-electron chi connectivity index (χ0n) is 10.4. The lowest BCUT2D eigenvalue weighted by Gasteiger charge is -2.27. The maximum absolute atomic E-state index is 8.74. The van der Waals surface area contributed by atoms with Crippen molar-refractivity contribution >= 4 is 22.6 Å². The first-order chi connectivity index (χ1) is 9.36. The van der Waals surface area contributed by atoms with Crippen molar-refractivity contribution in [1.29, 1.82) is 5.26 Å². The molecule has 0 fully saturated rings. The lowest BCUT2D eigenvalue weighted by molar-refractivity contribution is 0.831. The molecule has 0 atom stereocenters. The van der Waals surface area contributed by atoms with Crippen LogP contribution in [0.1, 0.15) is 17.0 Å². The quantitative estimate of drug-likeness (QED) is 0.838. The number of pyridine rings is 1. The first-order valence-electron chi connectivity index (χ1n) is 6.21. The third-order valence-electron chi connectivity index (χ3n) is 3.27. The van der Waals surface area contributed by atoms with Gasteiger partial charge in [0.05, 0.1) is 11.9 Å². The molecule has 0 saturated heterocycles. The van der Waals surface area contributed by atoms with Crippen LogP contribution in [0.15, 0.2) is 41.9 Å². The van der Waals surface area contributed by atoms with E-state index in [1.165, 1.54) is 10.5 Å². The largest absolute Gasteiger partial charge is 0.366 e. The molecule has 0 saturated carbocycles. The van der Waals surface area contributed by atoms with Crippen LogP contribution in [0.5, 0.6) is 0 Å². The van der Waals surface area contributed by atoms with Crippen molar-refractivity contribution < 1.29 is 0 Å². The summed E-state index contributed by atoms with van der Waals surface area (Å²) < 4.78 is 0. The molecule has 3 heterocycles. The van der Waals surface area contributed by atoms with Gasteiger partial charge >= 0.3 is 0 Å². The number of aromatic nitrogens is 1. The van der Waals surface area contributed by atoms with E-state index in [4.69, 9.17) is 5.26 Å². The summed E-state index contributed by atoms with van der Waals surface area (Å²) in [5.74, 6) is 0. The zero-order valence-corrected chi connectivity index (χ0v) is 11.2. The topological polar surface area (TPSA) is 39.9 Å². The summed E-state index contributed by atoms with van der Waals surface area (Å²) in [6.07, 6.45) is 5.12. The van der Waals surface area contributed by atoms with Crippen molar-refractivity contribution in [3.63, 3.8) is 0 Å². The van der Waals surface area contributed by atoms with E-state index in [2.05, 4.69) is 33.5 Å². The van der Waals surface area contributed by atoms with Gasteiger partial charge in [0.25, 0.3) is 0 Å². The number of hydrogen-bond donors (Lipinski definition) is 0. The minimum absolute atomic E-state index is 0.468. The molecule has 0 N–H and O–H groups in total. The van der Waals surface area contributed by atoms with Gasteiger partial charge in [0.1, 0.15) is 11.8 Å². The van der Waals surface area contributed by atoms with Crippen molar-refractivity contribution in [2.45, 2.75) is 6.42 Å². The molecule has 0 radical (unpaired) electrons. The molecule has 3 nitrogen and oxygen atoms in total. The van der Waals surface area contributed by atoms with Crippen LogP contribution < -0.4 is 4.90 Å². The Balaban J connectivity index is 1.74. The van der Waals surface area contributed by atoms with Gasteiger partial charge in [0, 0.05) is 18.0 Å². The molecule has 0 spiro atoms. The molecule has 0 aliphatic carbocycles. The maximum atomic E-state index is 8.74. The van der Waals surface area contributed by atoms with Crippen LogP contribution in [0.3, 0.4) is 0 Å². The van der Waals surface area contributed by atoms with E-state index < -0.39 is 0 Å². The number of thiophene rings is 1. The highest BCUT2D eigenvalue weighted by molar-refractivity contribution is 7.11. The normalized spacial score (nSPS) is 14.9. The third-order valence-corrected chi connectivity index (χ3v) is 4.22. The van der Waals surface area contributed by atoms with Crippen molar-refractivity contribution in [3.8, 4) is 6.07 Å². The van der Waals surface area contributed by atoms with E-state index in [9.17, 15) is 0 Å². The molecule has 19 heavy (non-hydrogen) atoms. The Labute approximate surface area is 116 Å². The molecule has 3 rings (SSSR count). The molecule has 0 bridgehead atoms. The Bertz CT molecular complexity index is 620. The van der Waals surface area contributed by atoms with E-state index in [1.54, 1.807) is 23.6 Å². The number of nitrogens with zero attached hydrogens (tertiary/aromatic N) is 3. The second-order valence-corrected chi connectivity index (χ2v) is 5.36. The molecule has 1 aliphatic rings. The molecule has 2 aromatic rings. The molecular weight excluding hydrogens is 254 g/mol. The van der Waals surface area contributed by atoms with Gasteiger partial charge in [0.2, 0.25) is 0 Å². The van der Waals surface area contributed by atoms with E-state index >= 15 is 0 Å². The maximum Gasteiger partial charge on any atom is 0.140 e. The van der Waals surface area contributed by atoms with Gasteiger partial charge in [-0.3, -0.25) is 0 Å². The number of anilines is 1. The second-order valence-electron chi connectivity index (χ2n) is 4.42. The molecular formula is C15H13N3S. The van der Waals surface area contributed by atoms with Gasteiger partial charge in [-0.15, -0.1) is 11.3 Å². The molecule has 2 aromatic heterocycles. The fraction of sp³-hybridized carbons (Fsp3) is 0.200. The average molecular weight is 267 g/mol. The predicted molar refractivity (Wildman–Crippen MR) is 78.1 cm³/mol. The highest BCUT2D eigenvalue weighted by Crippen LogP contribution is 2.27. The summed E-state index contributed by atoms with van der Waals surface area (Å²) in [4.78, 5) is 7.78. The highest BCUT2D eigenvalue weighted by atomic mass is 32.1. The van der Waals surface area contributed by atoms with E-state index in [0.717, 1.165) is 25.2 Å². The monoisotopic (exact) mass is 267 g/mol. The lowest BCUT2D eigenvalue weighted by atomic mass is 10.1. The van der Waals surface area contributed by atoms with Crippen LogP contribution in [0.25, 0.3) is 5.57 Å². The van der Waals surface area contributed by atoms with E-state index in [-0.39, 0.29) is 0 Å². The summed E-state index contributed by atoms with van der Waals surface area (Å²) in [6, 6.07) is 10.1. The number of nitriles is 1. The molecule has 0 aromatic carbocycles. The first-order valence-corrected chi connectivity index (χ1v) is 7.09. The van der Waals surface area contributed by atoms with Gasteiger partial charge in [-0.05, 0) is 35.6 Å². The molecule has 0 amide bonds. The summed E-state index contributed by atoms with van der Waals surface area (Å²) in [7, 11) is 0. The van der Waals surface area contributed by atoms with Gasteiger partial charge in [-0.25, -0.2) is 4.98 Å². The van der Waals surface area contributed by atoms with E-state index in [0.29, 0.717) is 5.69 Å². The van der Waals surface area contributed by atoms with E-state index in [1.807, 2.05) is 12.1 Å². The van der Waals surface area contributed by atoms with Gasteiger partial charge in [-0.2, -0.15) is 5.26 Å². The molecule has 0 unspecified atom stereocenters. The van der Waals surface area contributed by atoms with Gasteiger partial charge in [0.15, 0.2) is 0 Å². The van der Waals surface area contributed by atoms with Crippen LogP contribution in [-0.2, 0) is 0 Å². The molecule has 1 aliphatic heterocycles. The molecule has 4 heteroatoms. The van der Waals surface area contributed by atoms with Crippen molar-refractivity contribution in [1.82, 2.24) is 4.98 Å². The van der Waals surface area contributed by atoms with Crippen molar-refractivity contribution in [3.05, 3.63) is 52.5 Å². The lowest BCUT2D eigenvalue weighted by Crippen LogP contribution is -2.28. The number of hydrogen-bond acceptors (Lipinski definition) is 4. The van der Waals surface area contributed by atoms with Crippen LogP contribution in [0.4, 0.5) is 5.69 Å². The minimum atomic E-state index is 0.468. The van der Waals surface area contributed by atoms with Crippen LogP contribution in [0.2, 0.25) is 0 Å². The Kier molecular flexibility index (Phi) is 3.30. The second kappa shape index (κ2) is 5.25. The number of rotatable bonds is 2. The fourth-order valence-electron chi connectivity index (χ4n) is 2.23. The van der Waals surface area contributed by atoms with Crippen LogP contribution in [-0.4, -0.2) is 18.1 Å². The first kappa shape index (κ1) is 11.9. The smallest absolute Gasteiger partial charge is 0.140 e. The van der Waals surface area contributed by atoms with Crippen LogP contribution >= 0.6 is 11.3 Å². The molecule has 94 valence electrons. The van der Waals surface area contributed by atoms with Crippen molar-refractivity contribution in [2.24, 2.45) is 0 Å². The van der Waals surface area contributed by atoms with Gasteiger partial charge in [-0.1, -0.05) is 12.1 Å². The van der Waals surface area contributed by atoms with Crippen LogP contribution in [0, 0.1) is 11.3 Å². The fourth-order valence-corrected chi connectivity index (χ4v) is 3.03. The summed E-state index contributed by atoms with van der Waals surface area (Å²) in [5, 5.41) is 10.9. The highest BCUT2D eigenvalue weighted by Gasteiger charge is 2.14. The third kappa shape index (κ3) is 2.51. The summed E-state index contributed by atoms with van der Waals surface area (Å²) >= 11 is 1.80. The Morgan fingerprint density at radius 2 is 2.26 bits per heavy atom. The Hall–Kier alpha value is -2.12.